The van der Waals surface area contributed by atoms with E-state index in [1.807, 2.05) is 27.7 Å². The third kappa shape index (κ3) is 8.35. The van der Waals surface area contributed by atoms with Crippen LogP contribution in [-0.4, -0.2) is 21.1 Å². The minimum absolute atomic E-state index is 0.116. The predicted molar refractivity (Wildman–Crippen MR) is 113 cm³/mol. The maximum absolute atomic E-state index is 12.3. The Morgan fingerprint density at radius 1 is 1.36 bits per heavy atom. The van der Waals surface area contributed by atoms with Gasteiger partial charge in [-0.1, -0.05) is 13.8 Å². The van der Waals surface area contributed by atoms with Gasteiger partial charge in [-0.3, -0.25) is 19.7 Å². The van der Waals surface area contributed by atoms with Crippen molar-refractivity contribution in [2.45, 2.75) is 41.2 Å². The van der Waals surface area contributed by atoms with Crippen molar-refractivity contribution in [2.24, 2.45) is 5.90 Å². The Labute approximate surface area is 177 Å². The predicted octanol–water partition coefficient (Wildman–Crippen LogP) is 4.17. The van der Waals surface area contributed by atoms with E-state index in [-0.39, 0.29) is 12.5 Å². The first-order valence-electron chi connectivity index (χ1n) is 7.47. The number of amides is 1. The van der Waals surface area contributed by atoms with Crippen molar-refractivity contribution in [3.05, 3.63) is 40.5 Å². The number of pyridine rings is 1. The number of carbonyl (C=O) groups is 1. The second-order valence-corrected chi connectivity index (χ2v) is 16.4. The van der Waals surface area contributed by atoms with E-state index in [0.717, 1.165) is 11.3 Å². The first kappa shape index (κ1) is 24.8. The number of nitrogens with two attached hydrogens (primary N) is 1. The quantitative estimate of drug-likeness (QED) is 0.357. The molecule has 0 aliphatic rings. The Bertz CT molecular complexity index is 667. The molecule has 0 radical (unpaired) electrons. The number of hydrogen-bond donors (Lipinski definition) is 3. The van der Waals surface area contributed by atoms with Crippen LogP contribution in [0.5, 0.6) is 0 Å². The Hall–Kier alpha value is -0.206. The molecule has 4 N–H and O–H groups in total. The van der Waals surface area contributed by atoms with E-state index in [4.69, 9.17) is 5.90 Å². The summed E-state index contributed by atoms with van der Waals surface area (Å²) in [4.78, 5) is 21.1. The zero-order chi connectivity index (χ0) is 19.4. The van der Waals surface area contributed by atoms with E-state index in [0.29, 0.717) is 32.1 Å². The Balaban J connectivity index is 0.00000104. The third-order valence-corrected chi connectivity index (χ3v) is 2.95. The molecule has 0 unspecified atom stereocenters. The van der Waals surface area contributed by atoms with Crippen molar-refractivity contribution in [1.82, 2.24) is 15.2 Å². The summed E-state index contributed by atoms with van der Waals surface area (Å²) < 4.78 is 0. The first-order chi connectivity index (χ1) is 11.9. The summed E-state index contributed by atoms with van der Waals surface area (Å²) >= 11 is 4.74. The molecule has 0 atom stereocenters. The Morgan fingerprint density at radius 2 is 1.96 bits per heavy atom. The van der Waals surface area contributed by atoms with Crippen molar-refractivity contribution in [1.29, 1.82) is 0 Å². The van der Waals surface area contributed by atoms with Crippen LogP contribution in [0.2, 0.25) is 0 Å². The number of H-pyrrole nitrogens is 1. The number of anilines is 1. The van der Waals surface area contributed by atoms with Crippen LogP contribution >= 0.6 is 40.0 Å². The normalized spacial score (nSPS) is 9.28. The van der Waals surface area contributed by atoms with Crippen molar-refractivity contribution in [2.75, 3.05) is 5.32 Å². The summed E-state index contributed by atoms with van der Waals surface area (Å²) in [5.41, 5.74) is 4.01. The van der Waals surface area contributed by atoms with Gasteiger partial charge in [0.25, 0.3) is 5.91 Å². The summed E-state index contributed by atoms with van der Waals surface area (Å²) in [5.74, 6) is 4.81. The zero-order valence-corrected chi connectivity index (χ0v) is 20.6. The van der Waals surface area contributed by atoms with Crippen molar-refractivity contribution in [3.63, 3.8) is 0 Å². The summed E-state index contributed by atoms with van der Waals surface area (Å²) in [7, 11) is 0.628. The molecule has 0 saturated heterocycles. The van der Waals surface area contributed by atoms with Crippen LogP contribution in [0.3, 0.4) is 0 Å². The molecular weight excluding hydrogens is 587 g/mol. The molecule has 139 valence electrons. The van der Waals surface area contributed by atoms with Crippen LogP contribution < -0.4 is 11.2 Å². The summed E-state index contributed by atoms with van der Waals surface area (Å²) in [5, 5.41) is 9.64. The van der Waals surface area contributed by atoms with Gasteiger partial charge in [0.1, 0.15) is 12.3 Å². The van der Waals surface area contributed by atoms with E-state index in [2.05, 4.69) is 65.3 Å². The number of nitrogens with one attached hydrogen (secondary N) is 2. The molecule has 0 aliphatic carbocycles. The number of aryl methyl sites for hydroxylation is 3. The van der Waals surface area contributed by atoms with Gasteiger partial charge in [-0.05, 0) is 32.4 Å². The molecule has 10 heteroatoms. The second-order valence-electron chi connectivity index (χ2n) is 4.64. The van der Waals surface area contributed by atoms with Crippen LogP contribution in [0.1, 0.15) is 46.9 Å². The number of hydrogen-bond acceptors (Lipinski definition) is 5. The second kappa shape index (κ2) is 13.9. The van der Waals surface area contributed by atoms with Gasteiger partial charge in [-0.2, -0.15) is 5.10 Å². The average molecular weight is 610 g/mol. The molecule has 2 rings (SSSR count). The van der Waals surface area contributed by atoms with E-state index >= 15 is 0 Å². The molecule has 1 amide bonds. The average Bonchev–Trinajstić information content (AvgIpc) is 2.93. The molecule has 0 fully saturated rings. The van der Waals surface area contributed by atoms with Crippen LogP contribution in [0, 0.1) is 20.8 Å². The fourth-order valence-electron chi connectivity index (χ4n) is 1.88. The number of halogens is 2. The molecular formula is C15H23I2N5O2V. The van der Waals surface area contributed by atoms with Gasteiger partial charge >= 0.3 is 49.4 Å². The molecule has 0 saturated carbocycles. The number of nitrogens with zero attached hydrogens (tertiary/aromatic N) is 2. The minimum atomic E-state index is -0.235. The monoisotopic (exact) mass is 610 g/mol. The van der Waals surface area contributed by atoms with Gasteiger partial charge in [0.15, 0.2) is 0 Å². The van der Waals surface area contributed by atoms with Crippen LogP contribution in [0.25, 0.3) is 0 Å². The Kier molecular flexibility index (Phi) is 13.8. The molecule has 7 nitrogen and oxygen atoms in total. The van der Waals surface area contributed by atoms with Gasteiger partial charge in [0.05, 0.1) is 16.9 Å². The summed E-state index contributed by atoms with van der Waals surface area (Å²) in [6.45, 7) is 9.61. The Morgan fingerprint density at radius 3 is 2.52 bits per heavy atom. The number of rotatable bonds is 4. The van der Waals surface area contributed by atoms with E-state index < -0.39 is 0 Å². The number of aromatic nitrogens is 3. The maximum atomic E-state index is 12.3. The van der Waals surface area contributed by atoms with Gasteiger partial charge < -0.3 is 5.32 Å². The zero-order valence-electron chi connectivity index (χ0n) is 14.9. The molecule has 25 heavy (non-hydrogen) atoms. The molecule has 0 spiro atoms. The van der Waals surface area contributed by atoms with Crippen molar-refractivity contribution in [3.8, 4) is 0 Å². The fourth-order valence-corrected chi connectivity index (χ4v) is 1.88. The first-order valence-corrected chi connectivity index (χ1v) is 16.5. The molecule has 0 bridgehead atoms. The standard InChI is InChI=1S/C13H17N5O2.C2H6.2HI.V/c1-7-4-10(8(2)15-5-7)13(19)16-12-9(3)17-18-11(12)6-20-14;1-2;;;/h4-5H,6,14H2,1-3H3,(H,16,19)(H,17,18);1-2H3;2*1H;/q;;;;+2/p-2. The van der Waals surface area contributed by atoms with Gasteiger partial charge in [-0.25, -0.2) is 5.90 Å². The van der Waals surface area contributed by atoms with Crippen molar-refractivity contribution >= 4 is 51.6 Å². The number of aromatic amines is 1. The summed E-state index contributed by atoms with van der Waals surface area (Å²) in [6, 6.07) is 1.80. The van der Waals surface area contributed by atoms with Gasteiger partial charge in [-0.15, -0.1) is 0 Å². The van der Waals surface area contributed by atoms with E-state index in [1.165, 1.54) is 0 Å². The summed E-state index contributed by atoms with van der Waals surface area (Å²) in [6.07, 6.45) is 1.73. The van der Waals surface area contributed by atoms with Gasteiger partial charge in [0.2, 0.25) is 0 Å². The molecule has 2 heterocycles. The van der Waals surface area contributed by atoms with Gasteiger partial charge in [0, 0.05) is 11.9 Å². The SMILES string of the molecule is CC.Cc1cnc(C)c(C(=O)Nc2c(CON)n[nH]c2C)c1.[I][V][I]. The third-order valence-electron chi connectivity index (χ3n) is 2.95. The fraction of sp³-hybridized carbons (Fsp3) is 0.400. The van der Waals surface area contributed by atoms with Crippen molar-refractivity contribution < 1.29 is 19.1 Å². The molecule has 0 aromatic carbocycles. The molecule has 2 aromatic heterocycles. The molecule has 2 aromatic rings. The van der Waals surface area contributed by atoms with Crippen LogP contribution in [0.4, 0.5) is 5.69 Å². The van der Waals surface area contributed by atoms with E-state index in [9.17, 15) is 4.79 Å². The van der Waals surface area contributed by atoms with E-state index in [1.54, 1.807) is 19.2 Å². The number of carbonyl (C=O) groups excluding carboxylic acids is 1. The molecule has 0 aliphatic heterocycles. The van der Waals surface area contributed by atoms with Crippen LogP contribution in [-0.2, 0) is 20.9 Å². The topological polar surface area (TPSA) is 106 Å². The van der Waals surface area contributed by atoms with Crippen LogP contribution in [0.15, 0.2) is 12.3 Å².